The Morgan fingerprint density at radius 3 is 2.86 bits per heavy atom. The molecule has 2 aliphatic heterocycles. The first kappa shape index (κ1) is 18.2. The SMILES string of the molecule is O=C(c1ccccc1Br)N1CCCC(c2nnc(-c3ccc4c(c3)OCO4)o2)C1. The quantitative estimate of drug-likeness (QED) is 0.587. The molecule has 2 aromatic carbocycles. The van der Waals surface area contributed by atoms with E-state index in [0.29, 0.717) is 35.4 Å². The number of amides is 1. The maximum absolute atomic E-state index is 12.9. The maximum Gasteiger partial charge on any atom is 0.255 e. The van der Waals surface area contributed by atoms with E-state index >= 15 is 0 Å². The smallest absolute Gasteiger partial charge is 0.255 e. The Hall–Kier alpha value is -2.87. The third-order valence-corrected chi connectivity index (χ3v) is 5.91. The van der Waals surface area contributed by atoms with E-state index in [1.807, 2.05) is 47.4 Å². The van der Waals surface area contributed by atoms with Gasteiger partial charge in [0.1, 0.15) is 0 Å². The number of likely N-dealkylation sites (tertiary alicyclic amines) is 1. The number of carbonyl (C=O) groups is 1. The van der Waals surface area contributed by atoms with E-state index in [0.717, 1.165) is 29.4 Å². The largest absolute Gasteiger partial charge is 0.454 e. The molecule has 1 saturated heterocycles. The molecule has 0 aliphatic carbocycles. The van der Waals surface area contributed by atoms with E-state index in [1.54, 1.807) is 0 Å². The second-order valence-corrected chi connectivity index (χ2v) is 7.94. The van der Waals surface area contributed by atoms with E-state index in [-0.39, 0.29) is 18.6 Å². The zero-order valence-corrected chi connectivity index (χ0v) is 17.1. The summed E-state index contributed by atoms with van der Waals surface area (Å²) in [6.45, 7) is 1.50. The van der Waals surface area contributed by atoms with Gasteiger partial charge in [-0.2, -0.15) is 0 Å². The van der Waals surface area contributed by atoms with Crippen LogP contribution in [0.2, 0.25) is 0 Å². The molecule has 3 heterocycles. The minimum atomic E-state index is 0.0117. The van der Waals surface area contributed by atoms with Crippen LogP contribution < -0.4 is 9.47 Å². The van der Waals surface area contributed by atoms with Gasteiger partial charge < -0.3 is 18.8 Å². The lowest BCUT2D eigenvalue weighted by Gasteiger charge is -2.31. The zero-order valence-electron chi connectivity index (χ0n) is 15.5. The number of hydrogen-bond donors (Lipinski definition) is 0. The molecule has 0 N–H and O–H groups in total. The fourth-order valence-corrected chi connectivity index (χ4v) is 4.17. The van der Waals surface area contributed by atoms with Crippen molar-refractivity contribution >= 4 is 21.8 Å². The van der Waals surface area contributed by atoms with E-state index in [4.69, 9.17) is 13.9 Å². The van der Waals surface area contributed by atoms with Crippen LogP contribution in [0.4, 0.5) is 0 Å². The first-order chi connectivity index (χ1) is 14.2. The first-order valence-corrected chi connectivity index (χ1v) is 10.3. The molecular weight excluding hydrogens is 438 g/mol. The lowest BCUT2D eigenvalue weighted by Crippen LogP contribution is -2.39. The molecule has 0 saturated carbocycles. The van der Waals surface area contributed by atoms with E-state index in [1.165, 1.54) is 0 Å². The van der Waals surface area contributed by atoms with Gasteiger partial charge in [-0.15, -0.1) is 10.2 Å². The van der Waals surface area contributed by atoms with Crippen molar-refractivity contribution in [3.8, 4) is 23.0 Å². The minimum Gasteiger partial charge on any atom is -0.454 e. The molecule has 1 amide bonds. The van der Waals surface area contributed by atoms with Crippen LogP contribution in [-0.4, -0.2) is 40.9 Å². The lowest BCUT2D eigenvalue weighted by atomic mass is 9.97. The van der Waals surface area contributed by atoms with Gasteiger partial charge in [-0.3, -0.25) is 4.79 Å². The fourth-order valence-electron chi connectivity index (χ4n) is 3.71. The number of rotatable bonds is 3. The molecule has 0 spiro atoms. The number of aromatic nitrogens is 2. The molecule has 0 bridgehead atoms. The van der Waals surface area contributed by atoms with Gasteiger partial charge in [-0.25, -0.2) is 0 Å². The molecule has 148 valence electrons. The van der Waals surface area contributed by atoms with Crippen LogP contribution in [0.25, 0.3) is 11.5 Å². The molecule has 1 aromatic heterocycles. The summed E-state index contributed by atoms with van der Waals surface area (Å²) < 4.78 is 17.5. The Morgan fingerprint density at radius 2 is 1.97 bits per heavy atom. The van der Waals surface area contributed by atoms with Gasteiger partial charge in [0, 0.05) is 23.1 Å². The van der Waals surface area contributed by atoms with Crippen molar-refractivity contribution in [3.63, 3.8) is 0 Å². The highest BCUT2D eigenvalue weighted by atomic mass is 79.9. The van der Waals surface area contributed by atoms with Gasteiger partial charge in [0.05, 0.1) is 11.5 Å². The molecule has 1 fully saturated rings. The minimum absolute atomic E-state index is 0.0117. The molecule has 29 heavy (non-hydrogen) atoms. The van der Waals surface area contributed by atoms with Crippen molar-refractivity contribution in [1.29, 1.82) is 0 Å². The van der Waals surface area contributed by atoms with Crippen LogP contribution in [0.1, 0.15) is 35.0 Å². The van der Waals surface area contributed by atoms with Crippen molar-refractivity contribution in [2.75, 3.05) is 19.9 Å². The van der Waals surface area contributed by atoms with Crippen LogP contribution in [0.5, 0.6) is 11.5 Å². The first-order valence-electron chi connectivity index (χ1n) is 9.46. The standard InChI is InChI=1S/C21H18BrN3O4/c22-16-6-2-1-5-15(16)21(26)25-9-3-4-14(11-25)20-24-23-19(29-20)13-7-8-17-18(10-13)28-12-27-17/h1-2,5-8,10,14H,3-4,9,11-12H2. The summed E-state index contributed by atoms with van der Waals surface area (Å²) in [5.74, 6) is 2.41. The molecule has 3 aromatic rings. The Labute approximate surface area is 175 Å². The third-order valence-electron chi connectivity index (χ3n) is 5.22. The van der Waals surface area contributed by atoms with Crippen LogP contribution in [0.15, 0.2) is 51.4 Å². The molecule has 5 rings (SSSR count). The summed E-state index contributed by atoms with van der Waals surface area (Å²) in [4.78, 5) is 14.8. The van der Waals surface area contributed by atoms with Gasteiger partial charge in [-0.05, 0) is 59.1 Å². The molecule has 7 nitrogen and oxygen atoms in total. The summed E-state index contributed by atoms with van der Waals surface area (Å²) >= 11 is 3.47. The summed E-state index contributed by atoms with van der Waals surface area (Å²) in [6.07, 6.45) is 1.80. The van der Waals surface area contributed by atoms with Gasteiger partial charge in [0.25, 0.3) is 5.91 Å². The van der Waals surface area contributed by atoms with Crippen molar-refractivity contribution in [2.24, 2.45) is 0 Å². The number of benzene rings is 2. The zero-order chi connectivity index (χ0) is 19.8. The molecule has 1 unspecified atom stereocenters. The van der Waals surface area contributed by atoms with Crippen molar-refractivity contribution in [1.82, 2.24) is 15.1 Å². The number of nitrogens with zero attached hydrogens (tertiary/aromatic N) is 3. The lowest BCUT2D eigenvalue weighted by molar-refractivity contribution is 0.0697. The Bertz CT molecular complexity index is 1070. The molecule has 0 radical (unpaired) electrons. The van der Waals surface area contributed by atoms with Gasteiger partial charge in [0.2, 0.25) is 18.6 Å². The van der Waals surface area contributed by atoms with Crippen LogP contribution in [0, 0.1) is 0 Å². The van der Waals surface area contributed by atoms with Gasteiger partial charge in [-0.1, -0.05) is 12.1 Å². The van der Waals surface area contributed by atoms with Crippen molar-refractivity contribution in [2.45, 2.75) is 18.8 Å². The average molecular weight is 456 g/mol. The normalized spacial score (nSPS) is 18.1. The van der Waals surface area contributed by atoms with Crippen LogP contribution in [0.3, 0.4) is 0 Å². The van der Waals surface area contributed by atoms with Crippen LogP contribution in [-0.2, 0) is 0 Å². The van der Waals surface area contributed by atoms with Gasteiger partial charge in [0.15, 0.2) is 11.5 Å². The summed E-state index contributed by atoms with van der Waals surface area (Å²) in [5.41, 5.74) is 1.45. The van der Waals surface area contributed by atoms with Crippen molar-refractivity contribution in [3.05, 3.63) is 58.4 Å². The van der Waals surface area contributed by atoms with Crippen LogP contribution >= 0.6 is 15.9 Å². The summed E-state index contributed by atoms with van der Waals surface area (Å²) in [5, 5.41) is 8.46. The predicted octanol–water partition coefficient (Wildman–Crippen LogP) is 4.25. The van der Waals surface area contributed by atoms with Gasteiger partial charge >= 0.3 is 0 Å². The molecular formula is C21H18BrN3O4. The number of hydrogen-bond acceptors (Lipinski definition) is 6. The molecule has 2 aliphatic rings. The maximum atomic E-state index is 12.9. The number of carbonyl (C=O) groups excluding carboxylic acids is 1. The Morgan fingerprint density at radius 1 is 1.10 bits per heavy atom. The second-order valence-electron chi connectivity index (χ2n) is 7.08. The predicted molar refractivity (Wildman–Crippen MR) is 108 cm³/mol. The highest BCUT2D eigenvalue weighted by molar-refractivity contribution is 9.10. The molecule has 8 heteroatoms. The number of halogens is 1. The second kappa shape index (κ2) is 7.51. The van der Waals surface area contributed by atoms with E-state index < -0.39 is 0 Å². The number of ether oxygens (including phenoxy) is 2. The highest BCUT2D eigenvalue weighted by Gasteiger charge is 2.30. The molecule has 1 atom stereocenters. The monoisotopic (exact) mass is 455 g/mol. The Balaban J connectivity index is 1.34. The number of piperidine rings is 1. The third kappa shape index (κ3) is 3.48. The Kier molecular flexibility index (Phi) is 4.71. The summed E-state index contributed by atoms with van der Waals surface area (Å²) in [7, 11) is 0. The number of fused-ring (bicyclic) bond motifs is 1. The topological polar surface area (TPSA) is 77.7 Å². The van der Waals surface area contributed by atoms with E-state index in [2.05, 4.69) is 26.1 Å². The average Bonchev–Trinajstić information content (AvgIpc) is 3.43. The van der Waals surface area contributed by atoms with E-state index in [9.17, 15) is 4.79 Å². The highest BCUT2D eigenvalue weighted by Crippen LogP contribution is 2.36. The van der Waals surface area contributed by atoms with Crippen molar-refractivity contribution < 1.29 is 18.7 Å². The fraction of sp³-hybridized carbons (Fsp3) is 0.286. The summed E-state index contributed by atoms with van der Waals surface area (Å²) in [6, 6.07) is 13.0.